The molecule has 3 heteroatoms. The molecule has 0 aromatic rings. The maximum Gasteiger partial charge on any atom is 0.192 e. The van der Waals surface area contributed by atoms with Gasteiger partial charge in [0, 0.05) is 0 Å². The quantitative estimate of drug-likeness (QED) is 0.418. The Bertz CT molecular complexity index is 253. The molecule has 1 heterocycles. The number of ether oxygens (including phenoxy) is 1. The first kappa shape index (κ1) is 12.9. The zero-order valence-corrected chi connectivity index (χ0v) is 11.9. The molecule has 88 valence electrons. The van der Waals surface area contributed by atoms with Gasteiger partial charge in [0.1, 0.15) is 12.2 Å². The van der Waals surface area contributed by atoms with Crippen LogP contribution < -0.4 is 0 Å². The van der Waals surface area contributed by atoms with Crippen LogP contribution in [0.5, 0.6) is 0 Å². The average molecular weight is 228 g/mol. The molecule has 1 aliphatic heterocycles. The van der Waals surface area contributed by atoms with E-state index in [1.54, 1.807) is 0 Å². The molecule has 0 amide bonds. The molecular weight excluding hydrogens is 204 g/mol. The number of rotatable bonds is 4. The minimum absolute atomic E-state index is 0.245. The summed E-state index contributed by atoms with van der Waals surface area (Å²) in [6.07, 6.45) is 0.506. The maximum atomic E-state index is 6.07. The van der Waals surface area contributed by atoms with E-state index >= 15 is 0 Å². The predicted octanol–water partition coefficient (Wildman–Crippen LogP) is 3.35. The van der Waals surface area contributed by atoms with Gasteiger partial charge in [-0.3, -0.25) is 0 Å². The molecule has 0 bridgehead atoms. The third-order valence-electron chi connectivity index (χ3n) is 3.48. The van der Waals surface area contributed by atoms with E-state index in [2.05, 4.69) is 40.4 Å². The molecule has 1 aliphatic rings. The highest BCUT2D eigenvalue weighted by atomic mass is 28.4. The summed E-state index contributed by atoms with van der Waals surface area (Å²) in [5.41, 5.74) is 1.11. The van der Waals surface area contributed by atoms with E-state index < -0.39 is 8.32 Å². The topological polar surface area (TPSA) is 21.8 Å². The molecule has 0 aliphatic carbocycles. The van der Waals surface area contributed by atoms with Crippen LogP contribution >= 0.6 is 0 Å². The third-order valence-corrected chi connectivity index (χ3v) is 7.98. The Hall–Kier alpha value is -0.123. The first-order valence-electron chi connectivity index (χ1n) is 5.60. The summed E-state index contributed by atoms with van der Waals surface area (Å²) in [5, 5.41) is 0.278. The zero-order chi connectivity index (χ0) is 11.9. The summed E-state index contributed by atoms with van der Waals surface area (Å²) in [6.45, 7) is 17.9. The lowest BCUT2D eigenvalue weighted by Crippen LogP contribution is -2.41. The van der Waals surface area contributed by atoms with Crippen molar-refractivity contribution in [2.24, 2.45) is 0 Å². The van der Waals surface area contributed by atoms with Crippen LogP contribution in [-0.4, -0.2) is 27.1 Å². The molecule has 0 N–H and O–H groups in total. The lowest BCUT2D eigenvalue weighted by atomic mass is 10.2. The van der Waals surface area contributed by atoms with Crippen molar-refractivity contribution in [1.82, 2.24) is 0 Å². The van der Waals surface area contributed by atoms with Gasteiger partial charge in [-0.1, -0.05) is 27.4 Å². The summed E-state index contributed by atoms with van der Waals surface area (Å²) >= 11 is 0. The standard InChI is InChI=1S/C12H24O2Si/c1-9(2)11-10(14-11)8-13-15(6,7)12(3,4)5/h10-11H,1,8H2,2-7H3. The highest BCUT2D eigenvalue weighted by molar-refractivity contribution is 6.74. The number of hydrogen-bond donors (Lipinski definition) is 0. The second-order valence-electron chi connectivity index (χ2n) is 6.01. The summed E-state index contributed by atoms with van der Waals surface area (Å²) in [6, 6.07) is 0. The van der Waals surface area contributed by atoms with Gasteiger partial charge in [-0.2, -0.15) is 0 Å². The molecule has 0 radical (unpaired) electrons. The van der Waals surface area contributed by atoms with Crippen LogP contribution in [0.25, 0.3) is 0 Å². The van der Waals surface area contributed by atoms with Crippen molar-refractivity contribution in [3.63, 3.8) is 0 Å². The van der Waals surface area contributed by atoms with Crippen molar-refractivity contribution in [3.05, 3.63) is 12.2 Å². The molecule has 2 atom stereocenters. The normalized spacial score (nSPS) is 26.5. The summed E-state index contributed by atoms with van der Waals surface area (Å²) in [7, 11) is -1.60. The minimum Gasteiger partial charge on any atom is -0.414 e. The van der Waals surface area contributed by atoms with Crippen molar-refractivity contribution in [1.29, 1.82) is 0 Å². The predicted molar refractivity (Wildman–Crippen MR) is 66.6 cm³/mol. The second kappa shape index (κ2) is 4.04. The molecule has 0 spiro atoms. The Morgan fingerprint density at radius 2 is 1.93 bits per heavy atom. The van der Waals surface area contributed by atoms with Gasteiger partial charge in [0.25, 0.3) is 0 Å². The van der Waals surface area contributed by atoms with E-state index in [0.717, 1.165) is 12.2 Å². The molecule has 2 nitrogen and oxygen atoms in total. The van der Waals surface area contributed by atoms with Gasteiger partial charge in [0.15, 0.2) is 8.32 Å². The SMILES string of the molecule is C=C(C)C1OC1CO[Si](C)(C)C(C)(C)C. The zero-order valence-electron chi connectivity index (χ0n) is 10.9. The van der Waals surface area contributed by atoms with Gasteiger partial charge < -0.3 is 9.16 Å². The van der Waals surface area contributed by atoms with E-state index in [1.807, 2.05) is 6.92 Å². The van der Waals surface area contributed by atoms with Crippen LogP contribution in [0.15, 0.2) is 12.2 Å². The van der Waals surface area contributed by atoms with E-state index in [9.17, 15) is 0 Å². The Morgan fingerprint density at radius 3 is 2.27 bits per heavy atom. The van der Waals surface area contributed by atoms with E-state index in [1.165, 1.54) is 0 Å². The Balaban J connectivity index is 2.36. The lowest BCUT2D eigenvalue weighted by molar-refractivity contribution is 0.242. The summed E-state index contributed by atoms with van der Waals surface area (Å²) in [4.78, 5) is 0. The largest absolute Gasteiger partial charge is 0.414 e. The average Bonchev–Trinajstić information content (AvgIpc) is 2.77. The number of hydrogen-bond acceptors (Lipinski definition) is 2. The van der Waals surface area contributed by atoms with Crippen LogP contribution in [0, 0.1) is 0 Å². The van der Waals surface area contributed by atoms with Crippen molar-refractivity contribution < 1.29 is 9.16 Å². The molecular formula is C12H24O2Si. The molecule has 1 rings (SSSR count). The molecule has 0 aromatic carbocycles. The Morgan fingerprint density at radius 1 is 1.40 bits per heavy atom. The van der Waals surface area contributed by atoms with E-state index in [-0.39, 0.29) is 17.2 Å². The highest BCUT2D eigenvalue weighted by Gasteiger charge is 2.43. The van der Waals surface area contributed by atoms with Gasteiger partial charge in [-0.15, -0.1) is 0 Å². The van der Waals surface area contributed by atoms with Gasteiger partial charge in [0.05, 0.1) is 6.61 Å². The van der Waals surface area contributed by atoms with Crippen LogP contribution in [0.4, 0.5) is 0 Å². The first-order valence-corrected chi connectivity index (χ1v) is 8.51. The van der Waals surface area contributed by atoms with Crippen molar-refractivity contribution >= 4 is 8.32 Å². The smallest absolute Gasteiger partial charge is 0.192 e. The maximum absolute atomic E-state index is 6.07. The molecule has 0 saturated carbocycles. The minimum atomic E-state index is -1.60. The Kier molecular flexibility index (Phi) is 3.48. The fourth-order valence-corrected chi connectivity index (χ4v) is 2.22. The monoisotopic (exact) mass is 228 g/mol. The molecule has 1 fully saturated rings. The molecule has 1 saturated heterocycles. The lowest BCUT2D eigenvalue weighted by Gasteiger charge is -2.36. The van der Waals surface area contributed by atoms with Crippen LogP contribution in [0.3, 0.4) is 0 Å². The van der Waals surface area contributed by atoms with Crippen molar-refractivity contribution in [2.75, 3.05) is 6.61 Å². The summed E-state index contributed by atoms with van der Waals surface area (Å²) < 4.78 is 11.6. The van der Waals surface area contributed by atoms with Crippen molar-refractivity contribution in [2.45, 2.75) is 58.0 Å². The fraction of sp³-hybridized carbons (Fsp3) is 0.833. The van der Waals surface area contributed by atoms with Crippen LogP contribution in [0.1, 0.15) is 27.7 Å². The fourth-order valence-electron chi connectivity index (χ4n) is 1.21. The van der Waals surface area contributed by atoms with Gasteiger partial charge in [0.2, 0.25) is 0 Å². The van der Waals surface area contributed by atoms with Gasteiger partial charge in [-0.05, 0) is 30.6 Å². The number of epoxide rings is 1. The molecule has 15 heavy (non-hydrogen) atoms. The summed E-state index contributed by atoms with van der Waals surface area (Å²) in [5.74, 6) is 0. The third kappa shape index (κ3) is 3.16. The highest BCUT2D eigenvalue weighted by Crippen LogP contribution is 2.38. The van der Waals surface area contributed by atoms with Gasteiger partial charge >= 0.3 is 0 Å². The molecule has 0 aromatic heterocycles. The van der Waals surface area contributed by atoms with E-state index in [4.69, 9.17) is 9.16 Å². The van der Waals surface area contributed by atoms with Crippen LogP contribution in [0.2, 0.25) is 18.1 Å². The molecule has 2 unspecified atom stereocenters. The van der Waals surface area contributed by atoms with Gasteiger partial charge in [-0.25, -0.2) is 0 Å². The van der Waals surface area contributed by atoms with E-state index in [0.29, 0.717) is 0 Å². The van der Waals surface area contributed by atoms with Crippen LogP contribution in [-0.2, 0) is 9.16 Å². The first-order chi connectivity index (χ1) is 6.65. The Labute approximate surface area is 94.8 Å². The second-order valence-corrected chi connectivity index (χ2v) is 10.8. The van der Waals surface area contributed by atoms with Crippen molar-refractivity contribution in [3.8, 4) is 0 Å².